The molecule has 1 aromatic heterocycles. The summed E-state index contributed by atoms with van der Waals surface area (Å²) in [6.07, 6.45) is 0.856. The molecule has 0 aliphatic rings. The number of carbonyl (C=O) groups is 1. The van der Waals surface area contributed by atoms with E-state index in [2.05, 4.69) is 5.32 Å². The van der Waals surface area contributed by atoms with Crippen molar-refractivity contribution < 1.29 is 31.3 Å². The lowest BCUT2D eigenvalue weighted by atomic mass is 10.0. The maximum absolute atomic E-state index is 12.7. The third kappa shape index (κ3) is 3.89. The minimum absolute atomic E-state index is 0. The van der Waals surface area contributed by atoms with Crippen molar-refractivity contribution in [2.75, 3.05) is 6.54 Å². The Labute approximate surface area is 177 Å². The smallest absolute Gasteiger partial charge is 0.251 e. The third-order valence-corrected chi connectivity index (χ3v) is 4.68. The summed E-state index contributed by atoms with van der Waals surface area (Å²) in [5.74, 6) is -0.511. The number of hydrogen-bond acceptors (Lipinski definition) is 4. The topological polar surface area (TPSA) is 79.5 Å². The van der Waals surface area contributed by atoms with Gasteiger partial charge in [0.1, 0.15) is 5.58 Å². The maximum atomic E-state index is 12.7. The quantitative estimate of drug-likeness (QED) is 0.459. The molecule has 0 aliphatic heterocycles. The summed E-state index contributed by atoms with van der Waals surface area (Å²) in [6.45, 7) is 2.59. The molecule has 0 fully saturated rings. The van der Waals surface area contributed by atoms with Crippen LogP contribution in [0.15, 0.2) is 69.9 Å². The van der Waals surface area contributed by atoms with Crippen molar-refractivity contribution in [1.82, 2.24) is 5.32 Å². The SMILES string of the molecule is CCCNC(=O)c1ccc(-c2oc3cc4ccccc4cc3c(=O)c2O)cc1.[Br-]. The molecular formula is C23H19BrNO4-. The summed E-state index contributed by atoms with van der Waals surface area (Å²) >= 11 is 0. The Kier molecular flexibility index (Phi) is 6.03. The van der Waals surface area contributed by atoms with E-state index < -0.39 is 11.2 Å². The van der Waals surface area contributed by atoms with E-state index in [1.807, 2.05) is 31.2 Å². The van der Waals surface area contributed by atoms with Gasteiger partial charge in [0, 0.05) is 17.7 Å². The van der Waals surface area contributed by atoms with Crippen molar-refractivity contribution >= 4 is 27.6 Å². The van der Waals surface area contributed by atoms with E-state index >= 15 is 0 Å². The van der Waals surface area contributed by atoms with Crippen LogP contribution in [0, 0.1) is 0 Å². The lowest BCUT2D eigenvalue weighted by Crippen LogP contribution is -3.00. The van der Waals surface area contributed by atoms with Gasteiger partial charge >= 0.3 is 0 Å². The van der Waals surface area contributed by atoms with Crippen molar-refractivity contribution in [2.24, 2.45) is 0 Å². The normalized spacial score (nSPS) is 10.7. The van der Waals surface area contributed by atoms with Crippen molar-refractivity contribution in [3.63, 3.8) is 0 Å². The Bertz CT molecular complexity index is 1250. The fraction of sp³-hybridized carbons (Fsp3) is 0.130. The molecule has 0 unspecified atom stereocenters. The number of hydrogen-bond donors (Lipinski definition) is 2. The van der Waals surface area contributed by atoms with E-state index in [4.69, 9.17) is 4.42 Å². The van der Waals surface area contributed by atoms with Crippen LogP contribution in [0.3, 0.4) is 0 Å². The van der Waals surface area contributed by atoms with Crippen LogP contribution in [0.1, 0.15) is 23.7 Å². The molecule has 0 radical (unpaired) electrons. The second kappa shape index (κ2) is 8.49. The highest BCUT2D eigenvalue weighted by Crippen LogP contribution is 2.31. The van der Waals surface area contributed by atoms with E-state index in [-0.39, 0.29) is 28.6 Å². The van der Waals surface area contributed by atoms with E-state index in [1.54, 1.807) is 36.4 Å². The van der Waals surface area contributed by atoms with Gasteiger partial charge in [-0.2, -0.15) is 0 Å². The zero-order chi connectivity index (χ0) is 19.7. The number of aromatic hydroxyl groups is 1. The van der Waals surface area contributed by atoms with Gasteiger partial charge in [0.25, 0.3) is 5.91 Å². The first-order chi connectivity index (χ1) is 13.6. The predicted molar refractivity (Wildman–Crippen MR) is 110 cm³/mol. The number of rotatable bonds is 4. The van der Waals surface area contributed by atoms with Crippen LogP contribution in [0.25, 0.3) is 33.1 Å². The number of amides is 1. The fourth-order valence-corrected chi connectivity index (χ4v) is 3.18. The number of fused-ring (bicyclic) bond motifs is 2. The van der Waals surface area contributed by atoms with E-state index in [1.165, 1.54) is 0 Å². The molecule has 29 heavy (non-hydrogen) atoms. The molecule has 148 valence electrons. The van der Waals surface area contributed by atoms with Gasteiger partial charge in [-0.25, -0.2) is 0 Å². The Morgan fingerprint density at radius 3 is 2.34 bits per heavy atom. The third-order valence-electron chi connectivity index (χ3n) is 4.68. The molecular weight excluding hydrogens is 434 g/mol. The second-order valence-corrected chi connectivity index (χ2v) is 6.64. The van der Waals surface area contributed by atoms with Gasteiger partial charge in [0.15, 0.2) is 5.76 Å². The first-order valence-corrected chi connectivity index (χ1v) is 9.15. The van der Waals surface area contributed by atoms with Gasteiger partial charge in [-0.3, -0.25) is 9.59 Å². The van der Waals surface area contributed by atoms with Gasteiger partial charge in [-0.05, 0) is 41.5 Å². The van der Waals surface area contributed by atoms with Crippen LogP contribution in [0.5, 0.6) is 5.75 Å². The number of nitrogens with one attached hydrogen (secondary N) is 1. The van der Waals surface area contributed by atoms with Crippen molar-refractivity contribution in [2.45, 2.75) is 13.3 Å². The summed E-state index contributed by atoms with van der Waals surface area (Å²) in [7, 11) is 0. The first-order valence-electron chi connectivity index (χ1n) is 9.15. The van der Waals surface area contributed by atoms with Gasteiger partial charge < -0.3 is 31.8 Å². The monoisotopic (exact) mass is 452 g/mol. The first kappa shape index (κ1) is 20.6. The lowest BCUT2D eigenvalue weighted by molar-refractivity contribution is -0.0000152. The molecule has 2 N–H and O–H groups in total. The minimum Gasteiger partial charge on any atom is -1.00 e. The molecule has 0 spiro atoms. The van der Waals surface area contributed by atoms with Gasteiger partial charge in [0.05, 0.1) is 5.39 Å². The molecule has 3 aromatic carbocycles. The van der Waals surface area contributed by atoms with Crippen molar-refractivity contribution in [3.05, 3.63) is 76.5 Å². The molecule has 0 saturated carbocycles. The van der Waals surface area contributed by atoms with E-state index in [9.17, 15) is 14.7 Å². The number of carbonyl (C=O) groups excluding carboxylic acids is 1. The van der Waals surface area contributed by atoms with Crippen LogP contribution < -0.4 is 27.7 Å². The van der Waals surface area contributed by atoms with Gasteiger partial charge in [-0.1, -0.05) is 43.3 Å². The average Bonchev–Trinajstić information content (AvgIpc) is 2.73. The van der Waals surface area contributed by atoms with Crippen LogP contribution in [0.4, 0.5) is 0 Å². The minimum atomic E-state index is -0.480. The summed E-state index contributed by atoms with van der Waals surface area (Å²) < 4.78 is 5.88. The van der Waals surface area contributed by atoms with E-state index in [0.29, 0.717) is 28.6 Å². The van der Waals surface area contributed by atoms with E-state index in [0.717, 1.165) is 17.2 Å². The Balaban J connectivity index is 0.00000240. The molecule has 5 nitrogen and oxygen atoms in total. The zero-order valence-electron chi connectivity index (χ0n) is 15.7. The Morgan fingerprint density at radius 1 is 1.03 bits per heavy atom. The molecule has 0 saturated heterocycles. The molecule has 0 bridgehead atoms. The highest BCUT2D eigenvalue weighted by molar-refractivity contribution is 5.97. The number of benzene rings is 3. The van der Waals surface area contributed by atoms with Crippen LogP contribution in [-0.4, -0.2) is 17.6 Å². The van der Waals surface area contributed by atoms with Crippen molar-refractivity contribution in [1.29, 1.82) is 0 Å². The molecule has 1 amide bonds. The molecule has 1 heterocycles. The van der Waals surface area contributed by atoms with Gasteiger partial charge in [0.2, 0.25) is 11.2 Å². The molecule has 6 heteroatoms. The molecule has 0 aliphatic carbocycles. The van der Waals surface area contributed by atoms with Crippen LogP contribution >= 0.6 is 0 Å². The summed E-state index contributed by atoms with van der Waals surface area (Å²) in [6, 6.07) is 17.8. The van der Waals surface area contributed by atoms with Crippen LogP contribution in [0.2, 0.25) is 0 Å². The second-order valence-electron chi connectivity index (χ2n) is 6.64. The molecule has 0 atom stereocenters. The molecule has 4 rings (SSSR count). The highest BCUT2D eigenvalue weighted by atomic mass is 79.9. The average molecular weight is 453 g/mol. The number of halogens is 1. The zero-order valence-corrected chi connectivity index (χ0v) is 17.3. The lowest BCUT2D eigenvalue weighted by Gasteiger charge is -2.08. The maximum Gasteiger partial charge on any atom is 0.251 e. The highest BCUT2D eigenvalue weighted by Gasteiger charge is 2.16. The summed E-state index contributed by atoms with van der Waals surface area (Å²) in [5.41, 5.74) is 0.954. The predicted octanol–water partition coefficient (Wildman–Crippen LogP) is 1.46. The standard InChI is InChI=1S/C23H19NO4.BrH/c1-2-11-24-23(27)15-9-7-14(8-10-15)22-21(26)20(25)18-12-16-5-3-4-6-17(16)13-19(18)28-22;/h3-10,12-13,26H,2,11H2,1H3,(H,24,27);1H/p-1. The van der Waals surface area contributed by atoms with Crippen molar-refractivity contribution in [3.8, 4) is 17.1 Å². The van der Waals surface area contributed by atoms with Gasteiger partial charge in [-0.15, -0.1) is 0 Å². The summed E-state index contributed by atoms with van der Waals surface area (Å²) in [4.78, 5) is 24.7. The van der Waals surface area contributed by atoms with Crippen LogP contribution in [-0.2, 0) is 0 Å². The summed E-state index contributed by atoms with van der Waals surface area (Å²) in [5, 5.41) is 15.4. The Morgan fingerprint density at radius 2 is 1.69 bits per heavy atom. The fourth-order valence-electron chi connectivity index (χ4n) is 3.18. The molecule has 4 aromatic rings. The Hall–Kier alpha value is -3.12. The largest absolute Gasteiger partial charge is 1.00 e.